The lowest BCUT2D eigenvalue weighted by molar-refractivity contribution is 0.0524. The molecule has 1 aromatic carbocycles. The molecule has 32 heavy (non-hydrogen) atoms. The molecule has 0 aliphatic heterocycles. The summed E-state index contributed by atoms with van der Waals surface area (Å²) >= 11 is 0. The van der Waals surface area contributed by atoms with Gasteiger partial charge in [0.25, 0.3) is 0 Å². The minimum Gasteiger partial charge on any atom is -0.462 e. The van der Waals surface area contributed by atoms with Crippen LogP contribution in [0.25, 0.3) is 11.0 Å². The van der Waals surface area contributed by atoms with E-state index in [9.17, 15) is 9.59 Å². The number of pyridine rings is 1. The number of ether oxygens (including phenoxy) is 1. The molecular formula is C24H29N5O3. The van der Waals surface area contributed by atoms with Gasteiger partial charge in [-0.15, -0.1) is 0 Å². The summed E-state index contributed by atoms with van der Waals surface area (Å²) in [7, 11) is 3.98. The summed E-state index contributed by atoms with van der Waals surface area (Å²) in [5.74, 6) is -0.199. The Kier molecular flexibility index (Phi) is 6.39. The van der Waals surface area contributed by atoms with Crippen molar-refractivity contribution in [3.05, 3.63) is 52.4 Å². The molecule has 168 valence electrons. The van der Waals surface area contributed by atoms with E-state index in [0.717, 1.165) is 37.1 Å². The minimum absolute atomic E-state index is 0.0357. The zero-order valence-electron chi connectivity index (χ0n) is 18.8. The molecule has 0 amide bonds. The van der Waals surface area contributed by atoms with Crippen LogP contribution in [0.15, 0.2) is 41.5 Å². The highest BCUT2D eigenvalue weighted by atomic mass is 16.5. The maximum Gasteiger partial charge on any atom is 0.343 e. The average Bonchev–Trinajstić information content (AvgIpc) is 2.80. The van der Waals surface area contributed by atoms with Gasteiger partial charge in [0.1, 0.15) is 11.2 Å². The molecule has 1 aliphatic rings. The third-order valence-electron chi connectivity index (χ3n) is 5.87. The molecule has 0 radical (unpaired) electrons. The van der Waals surface area contributed by atoms with E-state index in [4.69, 9.17) is 4.74 Å². The van der Waals surface area contributed by atoms with Gasteiger partial charge < -0.3 is 19.5 Å². The second-order valence-electron chi connectivity index (χ2n) is 8.29. The molecular weight excluding hydrogens is 406 g/mol. The Hall–Kier alpha value is -3.42. The van der Waals surface area contributed by atoms with Gasteiger partial charge in [0, 0.05) is 43.9 Å². The van der Waals surface area contributed by atoms with Crippen molar-refractivity contribution in [2.24, 2.45) is 0 Å². The maximum absolute atomic E-state index is 13.0. The minimum atomic E-state index is -0.604. The summed E-state index contributed by atoms with van der Waals surface area (Å²) < 4.78 is 7.10. The van der Waals surface area contributed by atoms with E-state index in [1.807, 2.05) is 47.8 Å². The number of hydrogen-bond donors (Lipinski definition) is 1. The van der Waals surface area contributed by atoms with E-state index in [1.165, 1.54) is 12.6 Å². The number of hydrogen-bond acceptors (Lipinski definition) is 7. The Morgan fingerprint density at radius 3 is 2.56 bits per heavy atom. The van der Waals surface area contributed by atoms with Gasteiger partial charge in [-0.2, -0.15) is 4.98 Å². The van der Waals surface area contributed by atoms with E-state index in [-0.39, 0.29) is 18.2 Å². The number of aromatic nitrogens is 3. The number of nitrogens with one attached hydrogen (secondary N) is 1. The van der Waals surface area contributed by atoms with Gasteiger partial charge in [0.15, 0.2) is 0 Å². The molecule has 1 aliphatic carbocycles. The molecule has 4 rings (SSSR count). The van der Waals surface area contributed by atoms with Gasteiger partial charge in [0.2, 0.25) is 11.4 Å². The zero-order chi connectivity index (χ0) is 22.7. The van der Waals surface area contributed by atoms with Crippen molar-refractivity contribution >= 4 is 34.3 Å². The largest absolute Gasteiger partial charge is 0.462 e. The first kappa shape index (κ1) is 21.8. The summed E-state index contributed by atoms with van der Waals surface area (Å²) in [6.45, 7) is 1.94. The van der Waals surface area contributed by atoms with Gasteiger partial charge in [-0.1, -0.05) is 19.3 Å². The molecule has 1 N–H and O–H groups in total. The number of nitrogens with zero attached hydrogens (tertiary/aromatic N) is 4. The number of carbonyl (C=O) groups is 1. The van der Waals surface area contributed by atoms with Crippen LogP contribution >= 0.6 is 0 Å². The van der Waals surface area contributed by atoms with Crippen molar-refractivity contribution in [1.29, 1.82) is 0 Å². The monoisotopic (exact) mass is 435 g/mol. The highest BCUT2D eigenvalue weighted by Gasteiger charge is 2.23. The van der Waals surface area contributed by atoms with Crippen LogP contribution in [-0.2, 0) is 4.74 Å². The molecule has 1 saturated carbocycles. The van der Waals surface area contributed by atoms with Crippen molar-refractivity contribution in [2.75, 3.05) is 30.9 Å². The summed E-state index contributed by atoms with van der Waals surface area (Å²) in [5.41, 5.74) is 2.12. The molecule has 0 bridgehead atoms. The van der Waals surface area contributed by atoms with Gasteiger partial charge in [-0.05, 0) is 44.0 Å². The molecule has 0 spiro atoms. The van der Waals surface area contributed by atoms with Gasteiger partial charge in [-0.3, -0.25) is 4.79 Å². The lowest BCUT2D eigenvalue weighted by Gasteiger charge is -2.26. The number of benzene rings is 1. The predicted molar refractivity (Wildman–Crippen MR) is 126 cm³/mol. The van der Waals surface area contributed by atoms with E-state index in [1.54, 1.807) is 13.1 Å². The molecule has 8 nitrogen and oxygen atoms in total. The van der Waals surface area contributed by atoms with E-state index >= 15 is 0 Å². The first-order valence-electron chi connectivity index (χ1n) is 11.1. The predicted octanol–water partition coefficient (Wildman–Crippen LogP) is 4.28. The lowest BCUT2D eigenvalue weighted by Crippen LogP contribution is -2.24. The zero-order valence-corrected chi connectivity index (χ0v) is 18.8. The number of esters is 1. The van der Waals surface area contributed by atoms with Crippen LogP contribution in [0.2, 0.25) is 0 Å². The molecule has 1 fully saturated rings. The Labute approximate surface area is 187 Å². The standard InChI is InChI=1S/C24H29N5O3/c1-4-32-23(31)20-15-29(18-8-6-5-7-9-18)22-19(21(20)30)14-25-24(27-22)26-16-10-12-17(13-11-16)28(2)3/h10-15,18H,4-9H2,1-3H3,(H,25,26,27). The molecule has 0 saturated heterocycles. The number of fused-ring (bicyclic) bond motifs is 1. The van der Waals surface area contributed by atoms with Gasteiger partial charge in [-0.25, -0.2) is 9.78 Å². The quantitative estimate of drug-likeness (QED) is 0.578. The van der Waals surface area contributed by atoms with Crippen molar-refractivity contribution in [1.82, 2.24) is 14.5 Å². The normalized spacial score (nSPS) is 14.3. The average molecular weight is 436 g/mol. The second-order valence-corrected chi connectivity index (χ2v) is 8.29. The fraction of sp³-hybridized carbons (Fsp3) is 0.417. The number of carbonyl (C=O) groups excluding carboxylic acids is 1. The summed E-state index contributed by atoms with van der Waals surface area (Å²) in [4.78, 5) is 36.5. The maximum atomic E-state index is 13.0. The Morgan fingerprint density at radius 1 is 1.19 bits per heavy atom. The van der Waals surface area contributed by atoms with E-state index < -0.39 is 11.4 Å². The van der Waals surface area contributed by atoms with Crippen LogP contribution < -0.4 is 15.6 Å². The molecule has 0 atom stereocenters. The molecule has 2 aromatic heterocycles. The van der Waals surface area contributed by atoms with Crippen molar-refractivity contribution in [3.8, 4) is 0 Å². The van der Waals surface area contributed by atoms with Crippen molar-refractivity contribution in [3.63, 3.8) is 0 Å². The lowest BCUT2D eigenvalue weighted by atomic mass is 9.95. The second kappa shape index (κ2) is 9.38. The van der Waals surface area contributed by atoms with Crippen molar-refractivity contribution in [2.45, 2.75) is 45.1 Å². The number of anilines is 3. The van der Waals surface area contributed by atoms with E-state index in [2.05, 4.69) is 15.3 Å². The molecule has 3 aromatic rings. The van der Waals surface area contributed by atoms with Crippen LogP contribution in [-0.4, -0.2) is 41.2 Å². The Morgan fingerprint density at radius 2 is 1.91 bits per heavy atom. The van der Waals surface area contributed by atoms with Crippen LogP contribution in [0, 0.1) is 0 Å². The highest BCUT2D eigenvalue weighted by molar-refractivity contribution is 5.93. The van der Waals surface area contributed by atoms with Crippen molar-refractivity contribution < 1.29 is 9.53 Å². The van der Waals surface area contributed by atoms with Crippen LogP contribution in [0.5, 0.6) is 0 Å². The Bertz CT molecular complexity index is 1160. The third kappa shape index (κ3) is 4.44. The number of rotatable bonds is 6. The van der Waals surface area contributed by atoms with Crippen LogP contribution in [0.3, 0.4) is 0 Å². The van der Waals surface area contributed by atoms with Gasteiger partial charge >= 0.3 is 5.97 Å². The molecule has 0 unspecified atom stereocenters. The summed E-state index contributed by atoms with van der Waals surface area (Å²) in [5, 5.41) is 3.55. The fourth-order valence-electron chi connectivity index (χ4n) is 4.16. The SMILES string of the molecule is CCOC(=O)c1cn(C2CCCCC2)c2nc(Nc3ccc(N(C)C)cc3)ncc2c1=O. The van der Waals surface area contributed by atoms with Crippen LogP contribution in [0.4, 0.5) is 17.3 Å². The first-order valence-corrected chi connectivity index (χ1v) is 11.1. The third-order valence-corrected chi connectivity index (χ3v) is 5.87. The van der Waals surface area contributed by atoms with Gasteiger partial charge in [0.05, 0.1) is 12.0 Å². The first-order chi connectivity index (χ1) is 15.5. The molecule has 2 heterocycles. The summed E-state index contributed by atoms with van der Waals surface area (Å²) in [6.07, 6.45) is 8.52. The van der Waals surface area contributed by atoms with E-state index in [0.29, 0.717) is 17.0 Å². The van der Waals surface area contributed by atoms with Crippen LogP contribution in [0.1, 0.15) is 55.4 Å². The smallest absolute Gasteiger partial charge is 0.343 e. The highest BCUT2D eigenvalue weighted by Crippen LogP contribution is 2.30. The molecule has 8 heteroatoms. The topological polar surface area (TPSA) is 89.3 Å². The fourth-order valence-corrected chi connectivity index (χ4v) is 4.16. The summed E-state index contributed by atoms with van der Waals surface area (Å²) in [6, 6.07) is 8.11. The Balaban J connectivity index is 1.77.